The largest absolute Gasteiger partial charge is 0.476 e. The fourth-order valence-electron chi connectivity index (χ4n) is 2.06. The molecule has 0 aromatic carbocycles. The average Bonchev–Trinajstić information content (AvgIpc) is 2.78. The van der Waals surface area contributed by atoms with Crippen molar-refractivity contribution in [3.8, 4) is 5.88 Å². The van der Waals surface area contributed by atoms with E-state index in [-0.39, 0.29) is 0 Å². The van der Waals surface area contributed by atoms with Gasteiger partial charge in [-0.25, -0.2) is 0 Å². The third kappa shape index (κ3) is 3.22. The van der Waals surface area contributed by atoms with Crippen LogP contribution in [-0.2, 0) is 0 Å². The Kier molecular flexibility index (Phi) is 4.22. The zero-order valence-corrected chi connectivity index (χ0v) is 11.8. The number of aromatic nitrogens is 1. The Balaban J connectivity index is 1.98. The molecule has 1 saturated heterocycles. The van der Waals surface area contributed by atoms with Crippen LogP contribution in [0, 0.1) is 0 Å². The number of nitrogen functional groups attached to an aromatic ring is 1. The van der Waals surface area contributed by atoms with E-state index in [1.165, 1.54) is 18.6 Å². The van der Waals surface area contributed by atoms with Gasteiger partial charge in [0.05, 0.1) is 12.3 Å². The minimum atomic E-state index is 0.328. The Morgan fingerprint density at radius 1 is 1.56 bits per heavy atom. The molecule has 0 amide bonds. The highest BCUT2D eigenvalue weighted by Crippen LogP contribution is 2.37. The molecule has 4 nitrogen and oxygen atoms in total. The van der Waals surface area contributed by atoms with Crippen LogP contribution in [0.25, 0.3) is 0 Å². The van der Waals surface area contributed by atoms with Crippen molar-refractivity contribution in [1.82, 2.24) is 4.98 Å². The summed E-state index contributed by atoms with van der Waals surface area (Å²) in [5, 5.41) is 3.39. The Labute approximate surface area is 113 Å². The number of hydrogen-bond acceptors (Lipinski definition) is 5. The molecular formula is C13H21N3OS. The minimum absolute atomic E-state index is 0.328. The predicted octanol–water partition coefficient (Wildman–Crippen LogP) is 2.76. The maximum absolute atomic E-state index is 5.80. The molecule has 1 aliphatic rings. The Hall–Kier alpha value is -1.10. The summed E-state index contributed by atoms with van der Waals surface area (Å²) < 4.78 is 5.72. The van der Waals surface area contributed by atoms with Crippen LogP contribution >= 0.6 is 11.8 Å². The van der Waals surface area contributed by atoms with Crippen LogP contribution in [0.15, 0.2) is 12.1 Å². The summed E-state index contributed by atoms with van der Waals surface area (Å²) in [7, 11) is 0. The molecule has 0 aliphatic carbocycles. The summed E-state index contributed by atoms with van der Waals surface area (Å²) in [6, 6.07) is 3.74. The van der Waals surface area contributed by atoms with Crippen LogP contribution in [0.2, 0.25) is 0 Å². The first-order valence-corrected chi connectivity index (χ1v) is 7.39. The normalized spacial score (nSPS) is 23.0. The summed E-state index contributed by atoms with van der Waals surface area (Å²) in [4.78, 5) is 4.39. The monoisotopic (exact) mass is 267 g/mol. The highest BCUT2D eigenvalue weighted by Gasteiger charge is 2.29. The molecule has 2 rings (SSSR count). The van der Waals surface area contributed by atoms with Gasteiger partial charge in [-0.05, 0) is 44.6 Å². The van der Waals surface area contributed by atoms with E-state index in [4.69, 9.17) is 10.5 Å². The molecule has 0 spiro atoms. The molecule has 5 heteroatoms. The second-order valence-electron chi connectivity index (χ2n) is 4.78. The first-order valence-electron chi connectivity index (χ1n) is 6.40. The number of hydrogen-bond donors (Lipinski definition) is 2. The standard InChI is InChI=1S/C13H21N3OS/c1-3-17-12-10(14)5-6-11(16-12)15-9-13(2)7-4-8-18-13/h5-6H,3-4,7-9,14H2,1-2H3,(H,15,16). The van der Waals surface area contributed by atoms with Gasteiger partial charge in [-0.1, -0.05) is 0 Å². The molecule has 3 N–H and O–H groups in total. The number of nitrogens with zero attached hydrogens (tertiary/aromatic N) is 1. The second-order valence-corrected chi connectivity index (χ2v) is 6.46. The third-order valence-electron chi connectivity index (χ3n) is 3.11. The first kappa shape index (κ1) is 13.3. The van der Waals surface area contributed by atoms with E-state index in [2.05, 4.69) is 17.2 Å². The van der Waals surface area contributed by atoms with Crippen molar-refractivity contribution in [3.63, 3.8) is 0 Å². The molecule has 1 aromatic rings. The van der Waals surface area contributed by atoms with Gasteiger partial charge in [0.25, 0.3) is 0 Å². The van der Waals surface area contributed by atoms with Crippen LogP contribution < -0.4 is 15.8 Å². The lowest BCUT2D eigenvalue weighted by Gasteiger charge is -2.23. The SMILES string of the molecule is CCOc1nc(NCC2(C)CCCS2)ccc1N. The quantitative estimate of drug-likeness (QED) is 0.859. The molecule has 1 fully saturated rings. The summed E-state index contributed by atoms with van der Waals surface area (Å²) in [6.07, 6.45) is 2.57. The molecule has 1 aliphatic heterocycles. The van der Waals surface area contributed by atoms with E-state index in [1.54, 1.807) is 0 Å². The Bertz CT molecular complexity index is 405. The highest BCUT2D eigenvalue weighted by atomic mass is 32.2. The fourth-order valence-corrected chi connectivity index (χ4v) is 3.30. The minimum Gasteiger partial charge on any atom is -0.476 e. The van der Waals surface area contributed by atoms with Crippen LogP contribution in [-0.4, -0.2) is 28.6 Å². The summed E-state index contributed by atoms with van der Waals surface area (Å²) in [6.45, 7) is 5.74. The number of nitrogens with two attached hydrogens (primary N) is 1. The Morgan fingerprint density at radius 2 is 2.39 bits per heavy atom. The van der Waals surface area contributed by atoms with Gasteiger partial charge in [0.1, 0.15) is 5.82 Å². The molecule has 1 atom stereocenters. The van der Waals surface area contributed by atoms with Crippen LogP contribution in [0.5, 0.6) is 5.88 Å². The zero-order valence-electron chi connectivity index (χ0n) is 11.0. The van der Waals surface area contributed by atoms with Crippen molar-refractivity contribution in [3.05, 3.63) is 12.1 Å². The summed E-state index contributed by atoms with van der Waals surface area (Å²) >= 11 is 2.04. The summed E-state index contributed by atoms with van der Waals surface area (Å²) in [5.74, 6) is 2.62. The highest BCUT2D eigenvalue weighted by molar-refractivity contribution is 8.00. The second kappa shape index (κ2) is 5.69. The Morgan fingerprint density at radius 3 is 3.06 bits per heavy atom. The average molecular weight is 267 g/mol. The number of pyridine rings is 1. The summed E-state index contributed by atoms with van der Waals surface area (Å²) in [5.41, 5.74) is 6.39. The number of thioether (sulfide) groups is 1. The van der Waals surface area contributed by atoms with Crippen LogP contribution in [0.4, 0.5) is 11.5 Å². The number of nitrogens with one attached hydrogen (secondary N) is 1. The van der Waals surface area contributed by atoms with Gasteiger partial charge in [-0.2, -0.15) is 16.7 Å². The van der Waals surface area contributed by atoms with Gasteiger partial charge in [0.2, 0.25) is 5.88 Å². The van der Waals surface area contributed by atoms with Crippen molar-refractivity contribution in [2.45, 2.75) is 31.4 Å². The van der Waals surface area contributed by atoms with Crippen molar-refractivity contribution < 1.29 is 4.74 Å². The van der Waals surface area contributed by atoms with E-state index in [1.807, 2.05) is 30.8 Å². The van der Waals surface area contributed by atoms with Gasteiger partial charge >= 0.3 is 0 Å². The van der Waals surface area contributed by atoms with Crippen molar-refractivity contribution >= 4 is 23.3 Å². The predicted molar refractivity (Wildman–Crippen MR) is 78.4 cm³/mol. The molecule has 1 unspecified atom stereocenters. The number of anilines is 2. The lowest BCUT2D eigenvalue weighted by atomic mass is 10.1. The first-order chi connectivity index (χ1) is 8.63. The molecule has 1 aromatic heterocycles. The molecule has 0 saturated carbocycles. The third-order valence-corrected chi connectivity index (χ3v) is 4.65. The molecule has 100 valence electrons. The molecule has 0 radical (unpaired) electrons. The lowest BCUT2D eigenvalue weighted by Crippen LogP contribution is -2.27. The van der Waals surface area contributed by atoms with Crippen LogP contribution in [0.1, 0.15) is 26.7 Å². The zero-order chi connectivity index (χ0) is 13.0. The topological polar surface area (TPSA) is 60.2 Å². The van der Waals surface area contributed by atoms with Gasteiger partial charge < -0.3 is 15.8 Å². The van der Waals surface area contributed by atoms with Crippen molar-refractivity contribution in [2.75, 3.05) is 30.0 Å². The maximum Gasteiger partial charge on any atom is 0.239 e. The van der Waals surface area contributed by atoms with Gasteiger partial charge in [-0.15, -0.1) is 0 Å². The van der Waals surface area contributed by atoms with E-state index < -0.39 is 0 Å². The lowest BCUT2D eigenvalue weighted by molar-refractivity contribution is 0.329. The van der Waals surface area contributed by atoms with E-state index in [0.29, 0.717) is 22.9 Å². The van der Waals surface area contributed by atoms with Gasteiger partial charge in [0, 0.05) is 11.3 Å². The van der Waals surface area contributed by atoms with E-state index in [0.717, 1.165) is 12.4 Å². The van der Waals surface area contributed by atoms with Crippen molar-refractivity contribution in [2.24, 2.45) is 0 Å². The molecule has 2 heterocycles. The van der Waals surface area contributed by atoms with E-state index in [9.17, 15) is 0 Å². The fraction of sp³-hybridized carbons (Fsp3) is 0.615. The van der Waals surface area contributed by atoms with Gasteiger partial charge in [0.15, 0.2) is 0 Å². The molecule has 18 heavy (non-hydrogen) atoms. The van der Waals surface area contributed by atoms with Crippen molar-refractivity contribution in [1.29, 1.82) is 0 Å². The smallest absolute Gasteiger partial charge is 0.239 e. The number of rotatable bonds is 5. The number of ether oxygens (including phenoxy) is 1. The van der Waals surface area contributed by atoms with Gasteiger partial charge in [-0.3, -0.25) is 0 Å². The maximum atomic E-state index is 5.80. The molecular weight excluding hydrogens is 246 g/mol. The molecule has 0 bridgehead atoms. The van der Waals surface area contributed by atoms with E-state index >= 15 is 0 Å². The van der Waals surface area contributed by atoms with Crippen LogP contribution in [0.3, 0.4) is 0 Å².